The summed E-state index contributed by atoms with van der Waals surface area (Å²) in [6.45, 7) is 2.80. The lowest BCUT2D eigenvalue weighted by Gasteiger charge is -2.22. The Balaban J connectivity index is 1.92. The summed E-state index contributed by atoms with van der Waals surface area (Å²) in [4.78, 5) is 0.134. The molecule has 20 heavy (non-hydrogen) atoms. The largest absolute Gasteiger partial charge is 0.497 e. The topological polar surface area (TPSA) is 81.4 Å². The minimum absolute atomic E-state index is 0.124. The minimum atomic E-state index is -3.62. The summed E-state index contributed by atoms with van der Waals surface area (Å²) >= 11 is 0. The highest BCUT2D eigenvalue weighted by molar-refractivity contribution is 7.89. The van der Waals surface area contributed by atoms with Gasteiger partial charge in [0, 0.05) is 12.6 Å². The minimum Gasteiger partial charge on any atom is -0.497 e. The van der Waals surface area contributed by atoms with E-state index in [0.717, 1.165) is 24.9 Å². The monoisotopic (exact) mass is 296 g/mol. The lowest BCUT2D eigenvalue weighted by molar-refractivity contribution is 0.120. The molecule has 0 amide bonds. The van der Waals surface area contributed by atoms with Crippen molar-refractivity contribution in [1.82, 2.24) is 5.32 Å². The van der Waals surface area contributed by atoms with E-state index in [4.69, 9.17) is 9.88 Å². The number of nitrogens with one attached hydrogen (secondary N) is 1. The van der Waals surface area contributed by atoms with E-state index in [1.807, 2.05) is 13.0 Å². The van der Waals surface area contributed by atoms with E-state index in [2.05, 4.69) is 5.32 Å². The van der Waals surface area contributed by atoms with Crippen LogP contribution < -0.4 is 10.5 Å². The fourth-order valence-corrected chi connectivity index (χ4v) is 2.62. The zero-order valence-corrected chi connectivity index (χ0v) is 12.3. The van der Waals surface area contributed by atoms with Crippen LogP contribution in [0.5, 0.6) is 0 Å². The lowest BCUT2D eigenvalue weighted by Crippen LogP contribution is -2.31. The van der Waals surface area contributed by atoms with Crippen LogP contribution in [0.1, 0.15) is 31.4 Å². The van der Waals surface area contributed by atoms with Crippen molar-refractivity contribution in [3.8, 4) is 0 Å². The van der Waals surface area contributed by atoms with Crippen molar-refractivity contribution in [2.45, 2.75) is 36.8 Å². The second-order valence-corrected chi connectivity index (χ2v) is 6.51. The smallest absolute Gasteiger partial charge is 0.238 e. The zero-order valence-electron chi connectivity index (χ0n) is 11.5. The molecule has 5 nitrogen and oxygen atoms in total. The highest BCUT2D eigenvalue weighted by Crippen LogP contribution is 2.16. The second-order valence-electron chi connectivity index (χ2n) is 4.95. The number of allylic oxidation sites excluding steroid dienone is 1. The third-order valence-electron chi connectivity index (χ3n) is 3.38. The van der Waals surface area contributed by atoms with E-state index in [1.54, 1.807) is 18.4 Å². The van der Waals surface area contributed by atoms with Gasteiger partial charge in [0.15, 0.2) is 0 Å². The van der Waals surface area contributed by atoms with Gasteiger partial charge in [0.25, 0.3) is 0 Å². The number of ether oxygens (including phenoxy) is 1. The van der Waals surface area contributed by atoms with Crippen molar-refractivity contribution in [1.29, 1.82) is 0 Å². The maximum Gasteiger partial charge on any atom is 0.238 e. The van der Waals surface area contributed by atoms with Crippen LogP contribution >= 0.6 is 0 Å². The molecule has 2 atom stereocenters. The normalized spacial score (nSPS) is 20.4. The molecule has 1 heterocycles. The zero-order chi connectivity index (χ0) is 14.6. The average Bonchev–Trinajstić information content (AvgIpc) is 2.45. The summed E-state index contributed by atoms with van der Waals surface area (Å²) in [5.74, 6) is 0. The Morgan fingerprint density at radius 2 is 2.10 bits per heavy atom. The van der Waals surface area contributed by atoms with Gasteiger partial charge in [0.1, 0.15) is 6.10 Å². The van der Waals surface area contributed by atoms with Gasteiger partial charge >= 0.3 is 0 Å². The highest BCUT2D eigenvalue weighted by atomic mass is 32.2. The SMILES string of the molecule is CC(NCC1CCC=CO1)c1ccc(S(N)(=O)=O)cc1. The van der Waals surface area contributed by atoms with Crippen molar-refractivity contribution in [3.05, 3.63) is 42.2 Å². The van der Waals surface area contributed by atoms with Crippen molar-refractivity contribution in [3.63, 3.8) is 0 Å². The van der Waals surface area contributed by atoms with Crippen LogP contribution in [0.4, 0.5) is 0 Å². The molecule has 1 aromatic rings. The predicted molar refractivity (Wildman–Crippen MR) is 77.5 cm³/mol. The molecule has 0 bridgehead atoms. The Bertz CT molecular complexity index is 567. The first-order valence-electron chi connectivity index (χ1n) is 6.63. The molecular formula is C14H20N2O3S. The van der Waals surface area contributed by atoms with Crippen molar-refractivity contribution < 1.29 is 13.2 Å². The molecule has 6 heteroatoms. The third-order valence-corrected chi connectivity index (χ3v) is 4.31. The molecule has 3 N–H and O–H groups in total. The number of benzene rings is 1. The number of hydrogen-bond acceptors (Lipinski definition) is 4. The Hall–Kier alpha value is -1.37. The quantitative estimate of drug-likeness (QED) is 0.866. The molecule has 1 aliphatic rings. The molecule has 1 aromatic carbocycles. The average molecular weight is 296 g/mol. The molecular weight excluding hydrogens is 276 g/mol. The lowest BCUT2D eigenvalue weighted by atomic mass is 10.1. The molecule has 0 radical (unpaired) electrons. The van der Waals surface area contributed by atoms with E-state index >= 15 is 0 Å². The van der Waals surface area contributed by atoms with E-state index in [0.29, 0.717) is 0 Å². The van der Waals surface area contributed by atoms with Gasteiger partial charge in [-0.25, -0.2) is 13.6 Å². The van der Waals surface area contributed by atoms with E-state index in [9.17, 15) is 8.42 Å². The molecule has 0 aromatic heterocycles. The van der Waals surface area contributed by atoms with E-state index in [1.165, 1.54) is 12.1 Å². The summed E-state index contributed by atoms with van der Waals surface area (Å²) in [6.07, 6.45) is 6.03. The Kier molecular flexibility index (Phi) is 4.80. The van der Waals surface area contributed by atoms with E-state index in [-0.39, 0.29) is 17.0 Å². The first-order chi connectivity index (χ1) is 9.47. The molecule has 0 fully saturated rings. The number of primary sulfonamides is 1. The predicted octanol–water partition coefficient (Wildman–Crippen LogP) is 1.68. The third kappa shape index (κ3) is 4.06. The maximum absolute atomic E-state index is 11.2. The summed E-state index contributed by atoms with van der Waals surface area (Å²) in [6, 6.07) is 6.74. The van der Waals surface area contributed by atoms with Crippen LogP contribution in [0.15, 0.2) is 41.5 Å². The second kappa shape index (κ2) is 6.39. The Morgan fingerprint density at radius 3 is 2.65 bits per heavy atom. The highest BCUT2D eigenvalue weighted by Gasteiger charge is 2.14. The van der Waals surface area contributed by atoms with Crippen molar-refractivity contribution >= 4 is 10.0 Å². The van der Waals surface area contributed by atoms with Crippen LogP contribution in [0.25, 0.3) is 0 Å². The van der Waals surface area contributed by atoms with Crippen LogP contribution in [-0.4, -0.2) is 21.1 Å². The van der Waals surface area contributed by atoms with Gasteiger partial charge in [0.2, 0.25) is 10.0 Å². The summed E-state index contributed by atoms with van der Waals surface area (Å²) in [5.41, 5.74) is 1.02. The van der Waals surface area contributed by atoms with Gasteiger partial charge in [-0.1, -0.05) is 12.1 Å². The van der Waals surface area contributed by atoms with Gasteiger partial charge in [-0.2, -0.15) is 0 Å². The fourth-order valence-electron chi connectivity index (χ4n) is 2.11. The molecule has 2 unspecified atom stereocenters. The molecule has 110 valence electrons. The number of nitrogens with two attached hydrogens (primary N) is 1. The number of sulfonamides is 1. The van der Waals surface area contributed by atoms with Gasteiger partial charge in [-0.3, -0.25) is 0 Å². The number of rotatable bonds is 5. The summed E-state index contributed by atoms with van der Waals surface area (Å²) in [5, 5.41) is 8.46. The van der Waals surface area contributed by atoms with Gasteiger partial charge in [-0.05, 0) is 43.5 Å². The molecule has 2 rings (SSSR count). The molecule has 0 saturated heterocycles. The molecule has 0 spiro atoms. The summed E-state index contributed by atoms with van der Waals surface area (Å²) < 4.78 is 27.9. The fraction of sp³-hybridized carbons (Fsp3) is 0.429. The van der Waals surface area contributed by atoms with Gasteiger partial charge in [-0.15, -0.1) is 0 Å². The van der Waals surface area contributed by atoms with Gasteiger partial charge in [0.05, 0.1) is 11.2 Å². The first-order valence-corrected chi connectivity index (χ1v) is 8.18. The van der Waals surface area contributed by atoms with E-state index < -0.39 is 10.0 Å². The molecule has 1 aliphatic heterocycles. The van der Waals surface area contributed by atoms with Crippen LogP contribution in [0.3, 0.4) is 0 Å². The van der Waals surface area contributed by atoms with Crippen molar-refractivity contribution in [2.24, 2.45) is 5.14 Å². The van der Waals surface area contributed by atoms with Crippen LogP contribution in [0, 0.1) is 0 Å². The number of hydrogen-bond donors (Lipinski definition) is 2. The maximum atomic E-state index is 11.2. The molecule has 0 aliphatic carbocycles. The standard InChI is InChI=1S/C14H20N2O3S/c1-11(16-10-13-4-2-3-9-19-13)12-5-7-14(8-6-12)20(15,17)18/h3,5-9,11,13,16H,2,4,10H2,1H3,(H2,15,17,18). The first kappa shape index (κ1) is 15.0. The molecule has 0 saturated carbocycles. The Morgan fingerprint density at radius 1 is 1.40 bits per heavy atom. The van der Waals surface area contributed by atoms with Crippen molar-refractivity contribution in [2.75, 3.05) is 6.54 Å². The van der Waals surface area contributed by atoms with Gasteiger partial charge < -0.3 is 10.1 Å². The Labute approximate surface area is 119 Å². The summed E-state index contributed by atoms with van der Waals surface area (Å²) in [7, 11) is -3.62. The van der Waals surface area contributed by atoms with Crippen LogP contribution in [-0.2, 0) is 14.8 Å². The van der Waals surface area contributed by atoms with Crippen LogP contribution in [0.2, 0.25) is 0 Å².